The highest BCUT2D eigenvalue weighted by Crippen LogP contribution is 2.20. The largest absolute Gasteiger partial charge is 0.465 e. The molecule has 0 aliphatic heterocycles. The Balaban J connectivity index is 2.16. The van der Waals surface area contributed by atoms with Crippen LogP contribution in [0.5, 0.6) is 0 Å². The number of anilines is 1. The van der Waals surface area contributed by atoms with E-state index < -0.39 is 0 Å². The molecule has 0 aliphatic carbocycles. The molecule has 104 valence electrons. The summed E-state index contributed by atoms with van der Waals surface area (Å²) in [6, 6.07) is 13.7. The van der Waals surface area contributed by atoms with Crippen molar-refractivity contribution in [1.82, 2.24) is 0 Å². The van der Waals surface area contributed by atoms with E-state index in [9.17, 15) is 4.79 Å². The first-order valence-corrected chi connectivity index (χ1v) is 7.06. The highest BCUT2D eigenvalue weighted by Gasteiger charge is 2.11. The number of hydrogen-bond acceptors (Lipinski definition) is 3. The van der Waals surface area contributed by atoms with E-state index in [-0.39, 0.29) is 5.97 Å². The highest BCUT2D eigenvalue weighted by molar-refractivity contribution is 9.10. The van der Waals surface area contributed by atoms with Gasteiger partial charge in [-0.3, -0.25) is 0 Å². The summed E-state index contributed by atoms with van der Waals surface area (Å²) in [5.74, 6) is -0.327. The lowest BCUT2D eigenvalue weighted by Gasteiger charge is -2.11. The van der Waals surface area contributed by atoms with Crippen molar-refractivity contribution < 1.29 is 9.53 Å². The third kappa shape index (κ3) is 3.61. The van der Waals surface area contributed by atoms with Crippen molar-refractivity contribution in [2.75, 3.05) is 12.4 Å². The van der Waals surface area contributed by atoms with Gasteiger partial charge in [0, 0.05) is 16.7 Å². The Hall–Kier alpha value is -1.81. The smallest absolute Gasteiger partial charge is 0.339 e. The molecule has 0 heterocycles. The van der Waals surface area contributed by atoms with Crippen LogP contribution in [0, 0.1) is 6.92 Å². The van der Waals surface area contributed by atoms with E-state index >= 15 is 0 Å². The first-order valence-electron chi connectivity index (χ1n) is 6.27. The lowest BCUT2D eigenvalue weighted by atomic mass is 10.1. The summed E-state index contributed by atoms with van der Waals surface area (Å²) < 4.78 is 5.86. The minimum absolute atomic E-state index is 0.327. The third-order valence-corrected chi connectivity index (χ3v) is 3.51. The molecule has 0 bridgehead atoms. The fourth-order valence-corrected chi connectivity index (χ4v) is 2.15. The van der Waals surface area contributed by atoms with E-state index in [0.717, 1.165) is 21.3 Å². The fourth-order valence-electron chi connectivity index (χ4n) is 1.89. The summed E-state index contributed by atoms with van der Waals surface area (Å²) in [6.07, 6.45) is 0. The zero-order valence-corrected chi connectivity index (χ0v) is 13.0. The van der Waals surface area contributed by atoms with E-state index in [4.69, 9.17) is 4.74 Å². The van der Waals surface area contributed by atoms with Crippen LogP contribution in [-0.2, 0) is 11.3 Å². The van der Waals surface area contributed by atoms with E-state index in [1.807, 2.05) is 49.4 Å². The van der Waals surface area contributed by atoms with Gasteiger partial charge in [0.15, 0.2) is 0 Å². The molecule has 0 fully saturated rings. The molecule has 4 heteroatoms. The van der Waals surface area contributed by atoms with Crippen LogP contribution in [0.3, 0.4) is 0 Å². The molecule has 0 aliphatic rings. The summed E-state index contributed by atoms with van der Waals surface area (Å²) in [4.78, 5) is 11.8. The predicted octanol–water partition coefficient (Wildman–Crippen LogP) is 4.16. The molecule has 0 amide bonds. The number of rotatable bonds is 4. The Morgan fingerprint density at radius 1 is 1.20 bits per heavy atom. The lowest BCUT2D eigenvalue weighted by Crippen LogP contribution is -2.08. The van der Waals surface area contributed by atoms with Crippen molar-refractivity contribution in [3.63, 3.8) is 0 Å². The van der Waals surface area contributed by atoms with Crippen LogP contribution in [0.4, 0.5) is 5.69 Å². The average molecular weight is 334 g/mol. The van der Waals surface area contributed by atoms with Gasteiger partial charge in [0.1, 0.15) is 0 Å². The molecule has 3 nitrogen and oxygen atoms in total. The molecule has 0 saturated carbocycles. The summed E-state index contributed by atoms with van der Waals surface area (Å²) in [5, 5.41) is 3.28. The van der Waals surface area contributed by atoms with Crippen LogP contribution >= 0.6 is 15.9 Å². The quantitative estimate of drug-likeness (QED) is 0.854. The fraction of sp³-hybridized carbons (Fsp3) is 0.188. The van der Waals surface area contributed by atoms with E-state index in [1.54, 1.807) is 0 Å². The third-order valence-electron chi connectivity index (χ3n) is 2.98. The molecule has 0 atom stereocenters. The molecule has 1 N–H and O–H groups in total. The molecule has 0 saturated heterocycles. The second-order valence-electron chi connectivity index (χ2n) is 4.52. The Morgan fingerprint density at radius 2 is 1.90 bits per heavy atom. The zero-order chi connectivity index (χ0) is 14.5. The molecule has 0 radical (unpaired) electrons. The standard InChI is InChI=1S/C16H16BrNO2/c1-11-3-8-15(14(9-11)16(19)20-2)18-10-12-4-6-13(17)7-5-12/h3-9,18H,10H2,1-2H3. The molecule has 2 aromatic carbocycles. The van der Waals surface area contributed by atoms with Gasteiger partial charge >= 0.3 is 5.97 Å². The first-order chi connectivity index (χ1) is 9.60. The van der Waals surface area contributed by atoms with Crippen LogP contribution < -0.4 is 5.32 Å². The zero-order valence-electron chi connectivity index (χ0n) is 11.4. The second-order valence-corrected chi connectivity index (χ2v) is 5.44. The topological polar surface area (TPSA) is 38.3 Å². The number of carbonyl (C=O) groups is 1. The molecule has 0 aromatic heterocycles. The molecule has 0 spiro atoms. The number of aryl methyl sites for hydroxylation is 1. The van der Waals surface area contributed by atoms with Gasteiger partial charge in [0.2, 0.25) is 0 Å². The minimum Gasteiger partial charge on any atom is -0.465 e. The van der Waals surface area contributed by atoms with Gasteiger partial charge in [-0.05, 0) is 36.8 Å². The van der Waals surface area contributed by atoms with Crippen LogP contribution in [-0.4, -0.2) is 13.1 Å². The minimum atomic E-state index is -0.327. The van der Waals surface area contributed by atoms with Crippen LogP contribution in [0.1, 0.15) is 21.5 Å². The van der Waals surface area contributed by atoms with Crippen LogP contribution in [0.2, 0.25) is 0 Å². The van der Waals surface area contributed by atoms with Crippen LogP contribution in [0.25, 0.3) is 0 Å². The predicted molar refractivity (Wildman–Crippen MR) is 84.0 cm³/mol. The van der Waals surface area contributed by atoms with E-state index in [1.165, 1.54) is 7.11 Å². The Morgan fingerprint density at radius 3 is 2.55 bits per heavy atom. The van der Waals surface area contributed by atoms with Gasteiger partial charge in [0.05, 0.1) is 12.7 Å². The average Bonchev–Trinajstić information content (AvgIpc) is 2.46. The molecule has 20 heavy (non-hydrogen) atoms. The maximum atomic E-state index is 11.8. The van der Waals surface area contributed by atoms with Gasteiger partial charge in [-0.25, -0.2) is 4.79 Å². The molecular weight excluding hydrogens is 318 g/mol. The first kappa shape index (κ1) is 14.6. The van der Waals surface area contributed by atoms with Crippen molar-refractivity contribution in [3.05, 3.63) is 63.6 Å². The molecular formula is C16H16BrNO2. The maximum absolute atomic E-state index is 11.8. The van der Waals surface area contributed by atoms with Crippen molar-refractivity contribution in [3.8, 4) is 0 Å². The highest BCUT2D eigenvalue weighted by atomic mass is 79.9. The van der Waals surface area contributed by atoms with E-state index in [0.29, 0.717) is 12.1 Å². The monoisotopic (exact) mass is 333 g/mol. The van der Waals surface area contributed by atoms with Crippen molar-refractivity contribution in [1.29, 1.82) is 0 Å². The second kappa shape index (κ2) is 6.57. The van der Waals surface area contributed by atoms with Gasteiger partial charge in [-0.2, -0.15) is 0 Å². The summed E-state index contributed by atoms with van der Waals surface area (Å²) >= 11 is 3.41. The summed E-state index contributed by atoms with van der Waals surface area (Å²) in [6.45, 7) is 2.60. The van der Waals surface area contributed by atoms with Gasteiger partial charge < -0.3 is 10.1 Å². The Kier molecular flexibility index (Phi) is 4.79. The number of nitrogens with one attached hydrogen (secondary N) is 1. The van der Waals surface area contributed by atoms with Crippen molar-refractivity contribution >= 4 is 27.6 Å². The van der Waals surface area contributed by atoms with Crippen LogP contribution in [0.15, 0.2) is 46.9 Å². The van der Waals surface area contributed by atoms with Gasteiger partial charge in [0.25, 0.3) is 0 Å². The Bertz CT molecular complexity index is 608. The summed E-state index contributed by atoms with van der Waals surface area (Å²) in [5.41, 5.74) is 3.51. The number of esters is 1. The number of benzene rings is 2. The molecule has 2 aromatic rings. The number of carbonyl (C=O) groups excluding carboxylic acids is 1. The van der Waals surface area contributed by atoms with Gasteiger partial charge in [-0.15, -0.1) is 0 Å². The lowest BCUT2D eigenvalue weighted by molar-refractivity contribution is 0.0601. The number of methoxy groups -OCH3 is 1. The van der Waals surface area contributed by atoms with E-state index in [2.05, 4.69) is 21.2 Å². The van der Waals surface area contributed by atoms with Gasteiger partial charge in [-0.1, -0.05) is 39.7 Å². The van der Waals surface area contributed by atoms with Crippen molar-refractivity contribution in [2.24, 2.45) is 0 Å². The SMILES string of the molecule is COC(=O)c1cc(C)ccc1NCc1ccc(Br)cc1. The Labute approximate surface area is 127 Å². The summed E-state index contributed by atoms with van der Waals surface area (Å²) in [7, 11) is 1.39. The molecule has 2 rings (SSSR count). The molecule has 0 unspecified atom stereocenters. The maximum Gasteiger partial charge on any atom is 0.339 e. The number of ether oxygens (including phenoxy) is 1. The number of hydrogen-bond donors (Lipinski definition) is 1. The number of halogens is 1. The van der Waals surface area contributed by atoms with Crippen molar-refractivity contribution in [2.45, 2.75) is 13.5 Å². The normalized spacial score (nSPS) is 10.2.